The molecule has 1 aliphatic rings. The summed E-state index contributed by atoms with van der Waals surface area (Å²) in [5.41, 5.74) is 0.811. The summed E-state index contributed by atoms with van der Waals surface area (Å²) in [7, 11) is 1.30. The van der Waals surface area contributed by atoms with Gasteiger partial charge in [0.15, 0.2) is 0 Å². The quantitative estimate of drug-likeness (QED) is 0.326. The first-order chi connectivity index (χ1) is 5.77. The minimum atomic E-state index is -0.448. The molecule has 0 atom stereocenters. The Labute approximate surface area is 69.7 Å². The molecule has 0 radical (unpaired) electrons. The van der Waals surface area contributed by atoms with E-state index in [2.05, 4.69) is 15.2 Å². The average molecular weight is 170 g/mol. The van der Waals surface area contributed by atoms with Crippen LogP contribution in [0.1, 0.15) is 6.42 Å². The molecule has 5 nitrogen and oxygen atoms in total. The van der Waals surface area contributed by atoms with E-state index in [0.29, 0.717) is 24.4 Å². The van der Waals surface area contributed by atoms with E-state index in [-0.39, 0.29) is 0 Å². The molecular formula is C7H10N2O3. The Balaban J connectivity index is 2.77. The zero-order valence-corrected chi connectivity index (χ0v) is 6.70. The van der Waals surface area contributed by atoms with Gasteiger partial charge in [0.05, 0.1) is 12.8 Å². The Kier molecular flexibility index (Phi) is 2.68. The van der Waals surface area contributed by atoms with Crippen molar-refractivity contribution in [1.29, 1.82) is 0 Å². The summed E-state index contributed by atoms with van der Waals surface area (Å²) in [4.78, 5) is 10.9. The van der Waals surface area contributed by atoms with Gasteiger partial charge in [-0.1, -0.05) is 5.16 Å². The number of nitrogens with zero attached hydrogens (tertiary/aromatic N) is 1. The predicted molar refractivity (Wildman–Crippen MR) is 41.9 cm³/mol. The second kappa shape index (κ2) is 3.75. The summed E-state index contributed by atoms with van der Waals surface area (Å²) >= 11 is 0. The molecule has 66 valence electrons. The van der Waals surface area contributed by atoms with Crippen LogP contribution in [0.4, 0.5) is 0 Å². The molecule has 2 N–H and O–H groups in total. The maximum Gasteiger partial charge on any atom is 0.354 e. The summed E-state index contributed by atoms with van der Waals surface area (Å²) in [6.07, 6.45) is 2.08. The van der Waals surface area contributed by atoms with Crippen LogP contribution in [-0.4, -0.2) is 30.5 Å². The third-order valence-electron chi connectivity index (χ3n) is 1.54. The van der Waals surface area contributed by atoms with Gasteiger partial charge in [-0.25, -0.2) is 4.79 Å². The van der Waals surface area contributed by atoms with Crippen molar-refractivity contribution >= 4 is 11.7 Å². The molecule has 0 saturated heterocycles. The van der Waals surface area contributed by atoms with Gasteiger partial charge in [-0.15, -0.1) is 0 Å². The van der Waals surface area contributed by atoms with Crippen molar-refractivity contribution in [3.63, 3.8) is 0 Å². The van der Waals surface area contributed by atoms with Crippen molar-refractivity contribution in [2.75, 3.05) is 13.7 Å². The van der Waals surface area contributed by atoms with Crippen molar-refractivity contribution in [1.82, 2.24) is 5.32 Å². The molecular weight excluding hydrogens is 160 g/mol. The number of methoxy groups -OCH3 is 1. The van der Waals surface area contributed by atoms with Crippen LogP contribution in [0.2, 0.25) is 0 Å². The van der Waals surface area contributed by atoms with Gasteiger partial charge in [0, 0.05) is 13.0 Å². The topological polar surface area (TPSA) is 70.9 Å². The van der Waals surface area contributed by atoms with Crippen molar-refractivity contribution in [2.45, 2.75) is 6.42 Å². The third kappa shape index (κ3) is 1.75. The highest BCUT2D eigenvalue weighted by atomic mass is 16.5. The van der Waals surface area contributed by atoms with E-state index in [4.69, 9.17) is 5.21 Å². The molecule has 0 amide bonds. The molecule has 0 saturated carbocycles. The van der Waals surface area contributed by atoms with Crippen LogP contribution >= 0.6 is 0 Å². The summed E-state index contributed by atoms with van der Waals surface area (Å²) in [5.74, 6) is -0.448. The molecule has 0 bridgehead atoms. The third-order valence-corrected chi connectivity index (χ3v) is 1.54. The Morgan fingerprint density at radius 1 is 1.83 bits per heavy atom. The maximum absolute atomic E-state index is 10.9. The van der Waals surface area contributed by atoms with Crippen LogP contribution in [0.5, 0.6) is 0 Å². The lowest BCUT2D eigenvalue weighted by atomic mass is 10.1. The number of nitrogens with one attached hydrogen (secondary N) is 1. The number of ether oxygens (including phenoxy) is 1. The lowest BCUT2D eigenvalue weighted by Crippen LogP contribution is -2.29. The largest absolute Gasteiger partial charge is 0.464 e. The summed E-state index contributed by atoms with van der Waals surface area (Å²) in [6.45, 7) is 0.584. The van der Waals surface area contributed by atoms with E-state index < -0.39 is 5.97 Å². The molecule has 0 fully saturated rings. The molecule has 0 aromatic heterocycles. The summed E-state index contributed by atoms with van der Waals surface area (Å²) < 4.78 is 4.48. The molecule has 12 heavy (non-hydrogen) atoms. The van der Waals surface area contributed by atoms with E-state index in [1.54, 1.807) is 0 Å². The normalized spacial score (nSPS) is 19.8. The van der Waals surface area contributed by atoms with Gasteiger partial charge < -0.3 is 15.3 Å². The van der Waals surface area contributed by atoms with Crippen molar-refractivity contribution in [2.24, 2.45) is 5.16 Å². The summed E-state index contributed by atoms with van der Waals surface area (Å²) in [6, 6.07) is 0. The summed E-state index contributed by atoms with van der Waals surface area (Å²) in [5, 5.41) is 14.3. The van der Waals surface area contributed by atoms with Crippen molar-refractivity contribution < 1.29 is 14.7 Å². The van der Waals surface area contributed by atoms with E-state index >= 15 is 0 Å². The molecule has 0 aliphatic carbocycles. The predicted octanol–water partition coefficient (Wildman–Crippen LogP) is -0.133. The van der Waals surface area contributed by atoms with Gasteiger partial charge in [-0.05, 0) is 6.08 Å². The molecule has 1 aliphatic heterocycles. The number of carbonyl (C=O) groups excluding carboxylic acids is 1. The monoisotopic (exact) mass is 170 g/mol. The number of rotatable bonds is 1. The van der Waals surface area contributed by atoms with Crippen LogP contribution in [0.15, 0.2) is 16.9 Å². The number of esters is 1. The average Bonchev–Trinajstić information content (AvgIpc) is 2.17. The minimum absolute atomic E-state index is 0.330. The van der Waals surface area contributed by atoms with Crippen LogP contribution in [0, 0.1) is 0 Å². The number of carbonyl (C=O) groups is 1. The van der Waals surface area contributed by atoms with E-state index in [1.165, 1.54) is 13.2 Å². The van der Waals surface area contributed by atoms with E-state index in [9.17, 15) is 4.79 Å². The number of hydrogen-bond acceptors (Lipinski definition) is 5. The second-order valence-electron chi connectivity index (χ2n) is 2.32. The number of allylic oxidation sites excluding steroid dienone is 1. The lowest BCUT2D eigenvalue weighted by Gasteiger charge is -2.13. The molecule has 0 aromatic carbocycles. The van der Waals surface area contributed by atoms with Gasteiger partial charge in [0.1, 0.15) is 5.70 Å². The highest BCUT2D eigenvalue weighted by Gasteiger charge is 2.14. The van der Waals surface area contributed by atoms with Crippen molar-refractivity contribution in [3.05, 3.63) is 11.8 Å². The molecule has 0 unspecified atom stereocenters. The Morgan fingerprint density at radius 2 is 2.58 bits per heavy atom. The van der Waals surface area contributed by atoms with E-state index in [0.717, 1.165) is 0 Å². The van der Waals surface area contributed by atoms with Crippen molar-refractivity contribution in [3.8, 4) is 0 Å². The fourth-order valence-electron chi connectivity index (χ4n) is 0.935. The van der Waals surface area contributed by atoms with Gasteiger partial charge in [-0.3, -0.25) is 0 Å². The Morgan fingerprint density at radius 3 is 3.17 bits per heavy atom. The molecule has 5 heteroatoms. The lowest BCUT2D eigenvalue weighted by molar-refractivity contribution is -0.136. The van der Waals surface area contributed by atoms with Crippen LogP contribution in [0.3, 0.4) is 0 Å². The minimum Gasteiger partial charge on any atom is -0.464 e. The second-order valence-corrected chi connectivity index (χ2v) is 2.32. The van der Waals surface area contributed by atoms with Gasteiger partial charge in [0.2, 0.25) is 0 Å². The molecule has 0 aromatic rings. The molecule has 1 rings (SSSR count). The maximum atomic E-state index is 10.9. The molecule has 0 spiro atoms. The fraction of sp³-hybridized carbons (Fsp3) is 0.429. The highest BCUT2D eigenvalue weighted by molar-refractivity contribution is 6.02. The fourth-order valence-corrected chi connectivity index (χ4v) is 0.935. The standard InChI is InChI=1S/C7H10N2O3/c1-12-7(10)6-4-5(9-11)2-3-8-6/h4,8,11H,2-3H2,1H3. The van der Waals surface area contributed by atoms with Gasteiger partial charge >= 0.3 is 5.97 Å². The zero-order valence-electron chi connectivity index (χ0n) is 6.70. The Bertz CT molecular complexity index is 245. The number of oxime groups is 1. The zero-order chi connectivity index (χ0) is 8.97. The highest BCUT2D eigenvalue weighted by Crippen LogP contribution is 2.02. The van der Waals surface area contributed by atoms with Crippen LogP contribution < -0.4 is 5.32 Å². The van der Waals surface area contributed by atoms with Crippen LogP contribution in [0.25, 0.3) is 0 Å². The first-order valence-electron chi connectivity index (χ1n) is 3.52. The van der Waals surface area contributed by atoms with E-state index in [1.807, 2.05) is 0 Å². The number of hydrogen-bond donors (Lipinski definition) is 2. The smallest absolute Gasteiger partial charge is 0.354 e. The first-order valence-corrected chi connectivity index (χ1v) is 3.52. The SMILES string of the molecule is COC(=O)C1=CC(=NO)CCN1. The van der Waals surface area contributed by atoms with Crippen LogP contribution in [-0.2, 0) is 9.53 Å². The van der Waals surface area contributed by atoms with Gasteiger partial charge in [0.25, 0.3) is 0 Å². The Hall–Kier alpha value is -1.52. The first kappa shape index (κ1) is 8.58. The van der Waals surface area contributed by atoms with Gasteiger partial charge in [-0.2, -0.15) is 0 Å². The molecule has 1 heterocycles.